The number of Topliss-reactive ketones (excluding diaryl/α,β-unsaturated/α-hetero) is 1. The van der Waals surface area contributed by atoms with Crippen LogP contribution >= 0.6 is 0 Å². The summed E-state index contributed by atoms with van der Waals surface area (Å²) in [7, 11) is 0. The summed E-state index contributed by atoms with van der Waals surface area (Å²) in [5, 5.41) is 9.23. The highest BCUT2D eigenvalue weighted by atomic mass is 16.5. The molecule has 0 saturated heterocycles. The number of ketones is 1. The van der Waals surface area contributed by atoms with E-state index in [4.69, 9.17) is 0 Å². The number of carbonyl (C=O) groups is 2. The van der Waals surface area contributed by atoms with Crippen molar-refractivity contribution in [3.8, 4) is 0 Å². The van der Waals surface area contributed by atoms with Crippen LogP contribution < -0.4 is 0 Å². The van der Waals surface area contributed by atoms with Gasteiger partial charge in [0.2, 0.25) is 5.78 Å². The average molecular weight is 225 g/mol. The highest BCUT2D eigenvalue weighted by Crippen LogP contribution is 2.05. The van der Waals surface area contributed by atoms with Gasteiger partial charge < -0.3 is 14.4 Å². The van der Waals surface area contributed by atoms with Gasteiger partial charge >= 0.3 is 5.97 Å². The van der Waals surface area contributed by atoms with E-state index in [1.165, 1.54) is 6.92 Å². The second-order valence-corrected chi connectivity index (χ2v) is 3.60. The van der Waals surface area contributed by atoms with E-state index in [2.05, 4.69) is 4.74 Å². The molecule has 5 heteroatoms. The zero-order valence-corrected chi connectivity index (χ0v) is 9.34. The van der Waals surface area contributed by atoms with Gasteiger partial charge in [0.25, 0.3) is 0 Å². The maximum atomic E-state index is 11.6. The summed E-state index contributed by atoms with van der Waals surface area (Å²) in [6.07, 6.45) is 1.17. The number of aliphatic hydroxyl groups is 1. The Labute approximate surface area is 93.6 Å². The Balaban J connectivity index is 2.68. The number of carbonyl (C=O) groups excluding carboxylic acids is 2. The molecule has 1 aromatic heterocycles. The molecule has 0 fully saturated rings. The normalized spacial score (nSPS) is 12.2. The maximum absolute atomic E-state index is 11.6. The minimum absolute atomic E-state index is 0.265. The van der Waals surface area contributed by atoms with E-state index in [0.717, 1.165) is 0 Å². The van der Waals surface area contributed by atoms with Crippen molar-refractivity contribution >= 4 is 11.8 Å². The topological polar surface area (TPSA) is 68.5 Å². The fraction of sp³-hybridized carbons (Fsp3) is 0.455. The lowest BCUT2D eigenvalue weighted by Gasteiger charge is -2.10. The Morgan fingerprint density at radius 1 is 1.56 bits per heavy atom. The predicted molar refractivity (Wildman–Crippen MR) is 57.1 cm³/mol. The lowest BCUT2D eigenvalue weighted by Crippen LogP contribution is -2.19. The molecule has 0 spiro atoms. The van der Waals surface area contributed by atoms with Crippen LogP contribution in [-0.2, 0) is 16.1 Å². The third-order valence-corrected chi connectivity index (χ3v) is 1.98. The Bertz CT molecular complexity index is 381. The molecule has 0 bridgehead atoms. The SMILES string of the molecule is CC(=O)OCC(=O)c1cccn1C[C@@H](C)O. The fourth-order valence-corrected chi connectivity index (χ4v) is 1.35. The molecule has 1 N–H and O–H groups in total. The molecule has 0 aliphatic heterocycles. The summed E-state index contributed by atoms with van der Waals surface area (Å²) in [5.41, 5.74) is 0.433. The Hall–Kier alpha value is -1.62. The summed E-state index contributed by atoms with van der Waals surface area (Å²) < 4.78 is 6.26. The largest absolute Gasteiger partial charge is 0.457 e. The number of aliphatic hydroxyl groups excluding tert-OH is 1. The van der Waals surface area contributed by atoms with Crippen LogP contribution in [-0.4, -0.2) is 34.1 Å². The average Bonchev–Trinajstić information content (AvgIpc) is 2.61. The minimum Gasteiger partial charge on any atom is -0.457 e. The van der Waals surface area contributed by atoms with Crippen molar-refractivity contribution in [2.75, 3.05) is 6.61 Å². The van der Waals surface area contributed by atoms with Crippen molar-refractivity contribution < 1.29 is 19.4 Å². The molecule has 5 nitrogen and oxygen atoms in total. The van der Waals surface area contributed by atoms with Crippen molar-refractivity contribution in [1.82, 2.24) is 4.57 Å². The molecule has 1 atom stereocenters. The van der Waals surface area contributed by atoms with Crippen molar-refractivity contribution in [2.24, 2.45) is 0 Å². The van der Waals surface area contributed by atoms with Crippen molar-refractivity contribution in [2.45, 2.75) is 26.5 Å². The van der Waals surface area contributed by atoms with Gasteiger partial charge in [-0.3, -0.25) is 9.59 Å². The van der Waals surface area contributed by atoms with Crippen molar-refractivity contribution in [3.05, 3.63) is 24.0 Å². The van der Waals surface area contributed by atoms with Gasteiger partial charge in [-0.2, -0.15) is 0 Å². The number of rotatable bonds is 5. The second-order valence-electron chi connectivity index (χ2n) is 3.60. The maximum Gasteiger partial charge on any atom is 0.303 e. The Kier molecular flexibility index (Phi) is 4.25. The van der Waals surface area contributed by atoms with Crippen LogP contribution in [0.2, 0.25) is 0 Å². The van der Waals surface area contributed by atoms with E-state index < -0.39 is 12.1 Å². The number of hydrogen-bond donors (Lipinski definition) is 1. The number of nitrogens with zero attached hydrogens (tertiary/aromatic N) is 1. The first-order valence-corrected chi connectivity index (χ1v) is 5.00. The highest BCUT2D eigenvalue weighted by molar-refractivity contribution is 5.96. The van der Waals surface area contributed by atoms with Gasteiger partial charge in [-0.1, -0.05) is 0 Å². The van der Waals surface area contributed by atoms with E-state index in [0.29, 0.717) is 12.2 Å². The molecule has 0 amide bonds. The molecule has 0 unspecified atom stereocenters. The van der Waals surface area contributed by atoms with Gasteiger partial charge in [0, 0.05) is 19.7 Å². The standard InChI is InChI=1S/C11H15NO4/c1-8(13)6-12-5-3-4-10(12)11(15)7-16-9(2)14/h3-5,8,13H,6-7H2,1-2H3/t8-/m1/s1. The first-order chi connectivity index (χ1) is 7.50. The number of hydrogen-bond acceptors (Lipinski definition) is 4. The van der Waals surface area contributed by atoms with Gasteiger partial charge in [0.1, 0.15) is 0 Å². The zero-order chi connectivity index (χ0) is 12.1. The third kappa shape index (κ3) is 3.51. The molecule has 0 aliphatic carbocycles. The summed E-state index contributed by atoms with van der Waals surface area (Å²) in [5.74, 6) is -0.761. The smallest absolute Gasteiger partial charge is 0.303 e. The summed E-state index contributed by atoms with van der Waals surface area (Å²) in [6, 6.07) is 3.34. The molecule has 0 aromatic carbocycles. The lowest BCUT2D eigenvalue weighted by molar-refractivity contribution is -0.139. The van der Waals surface area contributed by atoms with E-state index in [9.17, 15) is 14.7 Å². The van der Waals surface area contributed by atoms with E-state index in [1.54, 1.807) is 29.8 Å². The summed E-state index contributed by atoms with van der Waals surface area (Å²) >= 11 is 0. The molecular formula is C11H15NO4. The molecule has 1 heterocycles. The Morgan fingerprint density at radius 3 is 2.81 bits per heavy atom. The fourth-order valence-electron chi connectivity index (χ4n) is 1.35. The number of esters is 1. The molecule has 0 saturated carbocycles. The van der Waals surface area contributed by atoms with Gasteiger partial charge in [-0.15, -0.1) is 0 Å². The summed E-state index contributed by atoms with van der Waals surface area (Å²) in [4.78, 5) is 22.2. The van der Waals surface area contributed by atoms with Crippen LogP contribution in [0.1, 0.15) is 24.3 Å². The van der Waals surface area contributed by atoms with Crippen LogP contribution in [0.3, 0.4) is 0 Å². The van der Waals surface area contributed by atoms with Crippen molar-refractivity contribution in [1.29, 1.82) is 0 Å². The minimum atomic E-state index is -0.535. The van der Waals surface area contributed by atoms with Gasteiger partial charge in [0.05, 0.1) is 11.8 Å². The molecule has 88 valence electrons. The van der Waals surface area contributed by atoms with Gasteiger partial charge in [0.15, 0.2) is 6.61 Å². The van der Waals surface area contributed by atoms with Crippen LogP contribution in [0.25, 0.3) is 0 Å². The first-order valence-electron chi connectivity index (χ1n) is 5.00. The molecule has 0 radical (unpaired) electrons. The second kappa shape index (κ2) is 5.46. The molecular weight excluding hydrogens is 210 g/mol. The van der Waals surface area contributed by atoms with Crippen LogP contribution in [0.5, 0.6) is 0 Å². The van der Waals surface area contributed by atoms with Crippen LogP contribution in [0.15, 0.2) is 18.3 Å². The summed E-state index contributed by atoms with van der Waals surface area (Å²) in [6.45, 7) is 2.97. The quantitative estimate of drug-likeness (QED) is 0.589. The Morgan fingerprint density at radius 2 is 2.25 bits per heavy atom. The van der Waals surface area contributed by atoms with E-state index in [-0.39, 0.29) is 12.4 Å². The molecule has 1 rings (SSSR count). The molecule has 16 heavy (non-hydrogen) atoms. The lowest BCUT2D eigenvalue weighted by atomic mass is 10.3. The number of aromatic nitrogens is 1. The molecule has 0 aliphatic rings. The number of ether oxygens (including phenoxy) is 1. The first kappa shape index (κ1) is 12.4. The monoisotopic (exact) mass is 225 g/mol. The van der Waals surface area contributed by atoms with Gasteiger partial charge in [-0.05, 0) is 19.1 Å². The van der Waals surface area contributed by atoms with Crippen molar-refractivity contribution in [3.63, 3.8) is 0 Å². The highest BCUT2D eigenvalue weighted by Gasteiger charge is 2.13. The van der Waals surface area contributed by atoms with E-state index in [1.807, 2.05) is 0 Å². The van der Waals surface area contributed by atoms with Gasteiger partial charge in [-0.25, -0.2) is 0 Å². The van der Waals surface area contributed by atoms with Crippen LogP contribution in [0.4, 0.5) is 0 Å². The third-order valence-electron chi connectivity index (χ3n) is 1.98. The zero-order valence-electron chi connectivity index (χ0n) is 9.34. The molecule has 1 aromatic rings. The van der Waals surface area contributed by atoms with Crippen LogP contribution in [0, 0.1) is 0 Å². The van der Waals surface area contributed by atoms with E-state index >= 15 is 0 Å². The predicted octanol–water partition coefficient (Wildman–Crippen LogP) is 0.615.